The molecule has 100 valence electrons. The second-order valence-corrected chi connectivity index (χ2v) is 4.43. The minimum absolute atomic E-state index is 0.182. The zero-order valence-corrected chi connectivity index (χ0v) is 11.1. The third-order valence-electron chi connectivity index (χ3n) is 3.03. The van der Waals surface area contributed by atoms with Crippen molar-refractivity contribution in [1.29, 1.82) is 0 Å². The predicted molar refractivity (Wildman–Crippen MR) is 75.5 cm³/mol. The molecule has 2 aromatic rings. The number of nitrogens with zero attached hydrogens (tertiary/aromatic N) is 1. The van der Waals surface area contributed by atoms with Crippen molar-refractivity contribution in [2.45, 2.75) is 0 Å². The summed E-state index contributed by atoms with van der Waals surface area (Å²) >= 11 is 0. The van der Waals surface area contributed by atoms with Crippen LogP contribution in [0.1, 0.15) is 10.5 Å². The van der Waals surface area contributed by atoms with Crippen LogP contribution in [0.15, 0.2) is 35.1 Å². The number of carbonyl (C=O) groups excluding carboxylic acids is 1. The van der Waals surface area contributed by atoms with E-state index < -0.39 is 0 Å². The lowest BCUT2D eigenvalue weighted by atomic mass is 10.1. The number of H-pyrrole nitrogens is 1. The van der Waals surface area contributed by atoms with Crippen LogP contribution >= 0.6 is 0 Å². The lowest BCUT2D eigenvalue weighted by molar-refractivity contribution is 0.0791. The van der Waals surface area contributed by atoms with Crippen molar-refractivity contribution in [2.24, 2.45) is 0 Å². The van der Waals surface area contributed by atoms with Crippen LogP contribution in [0.5, 0.6) is 0 Å². The Morgan fingerprint density at radius 3 is 2.84 bits per heavy atom. The molecule has 0 bridgehead atoms. The van der Waals surface area contributed by atoms with Gasteiger partial charge in [0.1, 0.15) is 5.69 Å². The van der Waals surface area contributed by atoms with E-state index in [1.54, 1.807) is 30.1 Å². The first-order valence-corrected chi connectivity index (χ1v) is 6.15. The number of amides is 1. The number of pyridine rings is 1. The molecule has 1 heterocycles. The summed E-state index contributed by atoms with van der Waals surface area (Å²) in [4.78, 5) is 28.3. The smallest absolute Gasteiger partial charge is 0.270 e. The van der Waals surface area contributed by atoms with Crippen molar-refractivity contribution >= 4 is 16.7 Å². The first-order valence-electron chi connectivity index (χ1n) is 6.15. The summed E-state index contributed by atoms with van der Waals surface area (Å²) in [6, 6.07) is 8.94. The maximum absolute atomic E-state index is 12.2. The van der Waals surface area contributed by atoms with Gasteiger partial charge in [-0.1, -0.05) is 18.2 Å². The third kappa shape index (κ3) is 2.82. The summed E-state index contributed by atoms with van der Waals surface area (Å²) in [6.07, 6.45) is 0. The van der Waals surface area contributed by atoms with Crippen LogP contribution in [0, 0.1) is 0 Å². The predicted octanol–water partition coefficient (Wildman–Crippen LogP) is 0.819. The maximum atomic E-state index is 12.2. The highest BCUT2D eigenvalue weighted by Crippen LogP contribution is 2.10. The van der Waals surface area contributed by atoms with Gasteiger partial charge in [-0.25, -0.2) is 0 Å². The van der Waals surface area contributed by atoms with E-state index in [0.29, 0.717) is 24.2 Å². The fraction of sp³-hybridized carbons (Fsp3) is 0.286. The Bertz CT molecular complexity index is 648. The third-order valence-corrected chi connectivity index (χ3v) is 3.03. The Balaban J connectivity index is 2.35. The minimum atomic E-state index is -0.233. The standard InChI is InChI=1S/C14H17N3O2/c1-15-7-8-17(2)14(19)12-9-10-5-3-4-6-11(10)13(18)16-12/h3-6,9,15H,7-8H2,1-2H3,(H,16,18). The van der Waals surface area contributed by atoms with Crippen molar-refractivity contribution < 1.29 is 4.79 Å². The number of benzene rings is 1. The number of fused-ring (bicyclic) bond motifs is 1. The molecule has 19 heavy (non-hydrogen) atoms. The SMILES string of the molecule is CNCCN(C)C(=O)c1cc2ccccc2c(=O)[nH]1. The van der Waals surface area contributed by atoms with E-state index in [1.165, 1.54) is 0 Å². The lowest BCUT2D eigenvalue weighted by Crippen LogP contribution is -2.34. The average molecular weight is 259 g/mol. The first-order chi connectivity index (χ1) is 9.13. The topological polar surface area (TPSA) is 65.2 Å². The molecule has 0 aliphatic carbocycles. The molecule has 0 saturated heterocycles. The van der Waals surface area contributed by atoms with Crippen LogP contribution in [0.2, 0.25) is 0 Å². The van der Waals surface area contributed by atoms with Crippen LogP contribution in [0.25, 0.3) is 10.8 Å². The van der Waals surface area contributed by atoms with E-state index in [-0.39, 0.29) is 11.5 Å². The molecule has 0 unspecified atom stereocenters. The normalized spacial score (nSPS) is 10.6. The van der Waals surface area contributed by atoms with E-state index >= 15 is 0 Å². The number of carbonyl (C=O) groups is 1. The maximum Gasteiger partial charge on any atom is 0.270 e. The number of nitrogens with one attached hydrogen (secondary N) is 2. The van der Waals surface area contributed by atoms with Crippen molar-refractivity contribution in [3.05, 3.63) is 46.4 Å². The summed E-state index contributed by atoms with van der Waals surface area (Å²) < 4.78 is 0. The highest BCUT2D eigenvalue weighted by molar-refractivity contribution is 5.96. The van der Waals surface area contributed by atoms with Gasteiger partial charge in [0.15, 0.2) is 0 Å². The van der Waals surface area contributed by atoms with Gasteiger partial charge in [-0.05, 0) is 24.6 Å². The summed E-state index contributed by atoms with van der Waals surface area (Å²) in [5.74, 6) is -0.182. The van der Waals surface area contributed by atoms with E-state index in [0.717, 1.165) is 5.39 Å². The van der Waals surface area contributed by atoms with Gasteiger partial charge >= 0.3 is 0 Å². The fourth-order valence-electron chi connectivity index (χ4n) is 1.91. The summed E-state index contributed by atoms with van der Waals surface area (Å²) in [7, 11) is 3.55. The molecule has 0 saturated carbocycles. The summed E-state index contributed by atoms with van der Waals surface area (Å²) in [5.41, 5.74) is 0.0887. The fourth-order valence-corrected chi connectivity index (χ4v) is 1.91. The quantitative estimate of drug-likeness (QED) is 0.854. The van der Waals surface area contributed by atoms with Gasteiger partial charge < -0.3 is 15.2 Å². The molecule has 1 aromatic carbocycles. The van der Waals surface area contributed by atoms with Crippen LogP contribution in [0.4, 0.5) is 0 Å². The lowest BCUT2D eigenvalue weighted by Gasteiger charge is -2.16. The first kappa shape index (κ1) is 13.3. The number of hydrogen-bond donors (Lipinski definition) is 2. The Hall–Kier alpha value is -2.14. The second kappa shape index (κ2) is 5.67. The van der Waals surface area contributed by atoms with E-state index in [2.05, 4.69) is 10.3 Å². The molecule has 5 heteroatoms. The van der Waals surface area contributed by atoms with Gasteiger partial charge in [-0.2, -0.15) is 0 Å². The average Bonchev–Trinajstić information content (AvgIpc) is 2.43. The Kier molecular flexibility index (Phi) is 3.97. The molecule has 0 fully saturated rings. The van der Waals surface area contributed by atoms with E-state index in [1.807, 2.05) is 19.2 Å². The molecular formula is C14H17N3O2. The molecule has 0 spiro atoms. The molecule has 0 atom stereocenters. The molecular weight excluding hydrogens is 242 g/mol. The number of likely N-dealkylation sites (N-methyl/N-ethyl adjacent to an activating group) is 2. The summed E-state index contributed by atoms with van der Waals surface area (Å²) in [5, 5.41) is 4.35. The Morgan fingerprint density at radius 1 is 1.37 bits per heavy atom. The number of hydrogen-bond acceptors (Lipinski definition) is 3. The van der Waals surface area contributed by atoms with Crippen molar-refractivity contribution in [1.82, 2.24) is 15.2 Å². The monoisotopic (exact) mass is 259 g/mol. The van der Waals surface area contributed by atoms with Crippen molar-refractivity contribution in [2.75, 3.05) is 27.2 Å². The molecule has 0 aliphatic heterocycles. The number of aromatic nitrogens is 1. The number of aromatic amines is 1. The van der Waals surface area contributed by atoms with Crippen LogP contribution in [0.3, 0.4) is 0 Å². The van der Waals surface area contributed by atoms with Gasteiger partial charge in [0.25, 0.3) is 11.5 Å². The van der Waals surface area contributed by atoms with Gasteiger partial charge in [0.05, 0.1) is 0 Å². The van der Waals surface area contributed by atoms with Gasteiger partial charge in [0.2, 0.25) is 0 Å². The largest absolute Gasteiger partial charge is 0.339 e. The zero-order chi connectivity index (χ0) is 13.8. The molecule has 1 aromatic heterocycles. The van der Waals surface area contributed by atoms with Crippen LogP contribution < -0.4 is 10.9 Å². The molecule has 2 N–H and O–H groups in total. The minimum Gasteiger partial charge on any atom is -0.339 e. The second-order valence-electron chi connectivity index (χ2n) is 4.43. The molecule has 1 amide bonds. The van der Waals surface area contributed by atoms with Gasteiger partial charge in [0, 0.05) is 25.5 Å². The number of rotatable bonds is 4. The van der Waals surface area contributed by atoms with Crippen molar-refractivity contribution in [3.63, 3.8) is 0 Å². The van der Waals surface area contributed by atoms with Crippen LogP contribution in [-0.2, 0) is 0 Å². The van der Waals surface area contributed by atoms with Crippen LogP contribution in [-0.4, -0.2) is 43.0 Å². The Labute approximate surface area is 111 Å². The molecule has 2 rings (SSSR count). The van der Waals surface area contributed by atoms with E-state index in [9.17, 15) is 9.59 Å². The van der Waals surface area contributed by atoms with Gasteiger partial charge in [-0.3, -0.25) is 9.59 Å². The summed E-state index contributed by atoms with van der Waals surface area (Å²) in [6.45, 7) is 1.30. The molecule has 0 radical (unpaired) electrons. The highest BCUT2D eigenvalue weighted by atomic mass is 16.2. The van der Waals surface area contributed by atoms with Gasteiger partial charge in [-0.15, -0.1) is 0 Å². The zero-order valence-electron chi connectivity index (χ0n) is 11.1. The molecule has 5 nitrogen and oxygen atoms in total. The molecule has 0 aliphatic rings. The van der Waals surface area contributed by atoms with E-state index in [4.69, 9.17) is 0 Å². The van der Waals surface area contributed by atoms with Crippen molar-refractivity contribution in [3.8, 4) is 0 Å². The highest BCUT2D eigenvalue weighted by Gasteiger charge is 2.13. The Morgan fingerprint density at radius 2 is 2.11 bits per heavy atom.